The molecule has 0 aliphatic carbocycles. The van der Waals surface area contributed by atoms with E-state index in [-0.39, 0.29) is 11.4 Å². The third kappa shape index (κ3) is 4.90. The number of sulfonamides is 1. The zero-order valence-electron chi connectivity index (χ0n) is 20.0. The third-order valence-electron chi connectivity index (χ3n) is 5.87. The molecule has 0 radical (unpaired) electrons. The molecule has 1 amide bonds. The Bertz CT molecular complexity index is 1330. The van der Waals surface area contributed by atoms with Gasteiger partial charge in [0.05, 0.1) is 37.4 Å². The van der Waals surface area contributed by atoms with E-state index in [1.54, 1.807) is 62.8 Å². The molecule has 3 aromatic carbocycles. The van der Waals surface area contributed by atoms with Crippen molar-refractivity contribution in [2.75, 3.05) is 25.1 Å². The molecule has 0 bridgehead atoms. The average Bonchev–Trinajstić information content (AvgIpc) is 2.87. The maximum Gasteiger partial charge on any atom is 0.264 e. The molecule has 1 aliphatic rings. The summed E-state index contributed by atoms with van der Waals surface area (Å²) in [5.41, 5.74) is 2.00. The van der Waals surface area contributed by atoms with Gasteiger partial charge in [-0.15, -0.1) is 0 Å². The first-order valence-corrected chi connectivity index (χ1v) is 12.6. The summed E-state index contributed by atoms with van der Waals surface area (Å²) in [5, 5.41) is 2.93. The van der Waals surface area contributed by atoms with Gasteiger partial charge >= 0.3 is 0 Å². The van der Waals surface area contributed by atoms with Crippen molar-refractivity contribution in [1.82, 2.24) is 5.32 Å². The van der Waals surface area contributed by atoms with Crippen molar-refractivity contribution in [3.8, 4) is 17.2 Å². The van der Waals surface area contributed by atoms with Gasteiger partial charge in [-0.2, -0.15) is 0 Å². The first-order chi connectivity index (χ1) is 16.7. The quantitative estimate of drug-likeness (QED) is 0.534. The van der Waals surface area contributed by atoms with E-state index in [0.29, 0.717) is 22.9 Å². The second kappa shape index (κ2) is 9.87. The molecule has 3 aromatic rings. The molecule has 1 heterocycles. The van der Waals surface area contributed by atoms with Gasteiger partial charge in [-0.1, -0.05) is 24.3 Å². The lowest BCUT2D eigenvalue weighted by Gasteiger charge is -2.35. The summed E-state index contributed by atoms with van der Waals surface area (Å²) in [6, 6.07) is 18.3. The van der Waals surface area contributed by atoms with Crippen molar-refractivity contribution < 1.29 is 27.4 Å². The lowest BCUT2D eigenvalue weighted by Crippen LogP contribution is -2.51. The van der Waals surface area contributed by atoms with E-state index in [0.717, 1.165) is 11.1 Å². The predicted molar refractivity (Wildman–Crippen MR) is 133 cm³/mol. The van der Waals surface area contributed by atoms with E-state index in [4.69, 9.17) is 14.2 Å². The number of amides is 1. The van der Waals surface area contributed by atoms with E-state index < -0.39 is 28.1 Å². The third-order valence-corrected chi connectivity index (χ3v) is 7.66. The van der Waals surface area contributed by atoms with Gasteiger partial charge in [-0.05, 0) is 61.9 Å². The van der Waals surface area contributed by atoms with Crippen LogP contribution in [0, 0.1) is 6.92 Å². The normalized spacial score (nSPS) is 16.0. The molecule has 35 heavy (non-hydrogen) atoms. The summed E-state index contributed by atoms with van der Waals surface area (Å²) < 4.78 is 45.0. The van der Waals surface area contributed by atoms with Crippen LogP contribution in [0.3, 0.4) is 0 Å². The molecule has 4 rings (SSSR count). The number of aryl methyl sites for hydroxylation is 1. The van der Waals surface area contributed by atoms with Gasteiger partial charge in [0.25, 0.3) is 15.9 Å². The Morgan fingerprint density at radius 2 is 1.80 bits per heavy atom. The molecule has 0 fully saturated rings. The van der Waals surface area contributed by atoms with Crippen LogP contribution in [0.2, 0.25) is 0 Å². The van der Waals surface area contributed by atoms with E-state index in [1.165, 1.54) is 16.4 Å². The largest absolute Gasteiger partial charge is 0.497 e. The second-order valence-corrected chi connectivity index (χ2v) is 10.1. The Morgan fingerprint density at radius 1 is 1.06 bits per heavy atom. The maximum atomic E-state index is 13.5. The van der Waals surface area contributed by atoms with Crippen LogP contribution in [0.15, 0.2) is 71.6 Å². The number of nitrogens with zero attached hydrogens (tertiary/aromatic N) is 1. The Kier molecular flexibility index (Phi) is 6.88. The SMILES string of the molecule is COc1ccc(OC)c([C@H](C)NC(=O)[C@H]2CN(S(=O)(=O)c3ccccc3)c3ccc(C)cc3O2)c1. The van der Waals surface area contributed by atoms with Gasteiger partial charge in [-0.3, -0.25) is 9.10 Å². The number of carbonyl (C=O) groups excluding carboxylic acids is 1. The van der Waals surface area contributed by atoms with Gasteiger partial charge in [0, 0.05) is 5.56 Å². The standard InChI is InChI=1S/C26H28N2O6S/c1-17-10-12-22-24(14-17)34-25(16-28(22)35(30,31)20-8-6-5-7-9-20)26(29)27-18(2)21-15-19(32-3)11-13-23(21)33-4/h5-15,18,25H,16H2,1-4H3,(H,27,29)/t18-,25+/m0/s1. The van der Waals surface area contributed by atoms with E-state index >= 15 is 0 Å². The first-order valence-electron chi connectivity index (χ1n) is 11.1. The second-order valence-electron chi connectivity index (χ2n) is 8.27. The zero-order valence-corrected chi connectivity index (χ0v) is 20.8. The molecule has 1 aliphatic heterocycles. The fourth-order valence-corrected chi connectivity index (χ4v) is 5.50. The Balaban J connectivity index is 1.64. The summed E-state index contributed by atoms with van der Waals surface area (Å²) in [7, 11) is -0.806. The molecule has 8 nitrogen and oxygen atoms in total. The van der Waals surface area contributed by atoms with Crippen molar-refractivity contribution in [1.29, 1.82) is 0 Å². The van der Waals surface area contributed by atoms with Crippen molar-refractivity contribution >= 4 is 21.6 Å². The fraction of sp³-hybridized carbons (Fsp3) is 0.269. The Labute approximate surface area is 205 Å². The molecule has 2 atom stereocenters. The average molecular weight is 497 g/mol. The summed E-state index contributed by atoms with van der Waals surface area (Å²) in [6.07, 6.45) is -1.05. The number of hydrogen-bond acceptors (Lipinski definition) is 6. The smallest absolute Gasteiger partial charge is 0.264 e. The van der Waals surface area contributed by atoms with Crippen LogP contribution < -0.4 is 23.8 Å². The molecule has 0 unspecified atom stereocenters. The molecule has 0 aromatic heterocycles. The highest BCUT2D eigenvalue weighted by molar-refractivity contribution is 7.92. The monoisotopic (exact) mass is 496 g/mol. The minimum atomic E-state index is -3.92. The van der Waals surface area contributed by atoms with Crippen LogP contribution in [0.1, 0.15) is 24.1 Å². The highest BCUT2D eigenvalue weighted by Crippen LogP contribution is 2.38. The number of hydrogen-bond donors (Lipinski definition) is 1. The van der Waals surface area contributed by atoms with Gasteiger partial charge in [0.15, 0.2) is 6.10 Å². The van der Waals surface area contributed by atoms with Crippen LogP contribution in [0.4, 0.5) is 5.69 Å². The summed E-state index contributed by atoms with van der Waals surface area (Å²) in [4.78, 5) is 13.5. The highest BCUT2D eigenvalue weighted by atomic mass is 32.2. The molecule has 0 saturated heterocycles. The molecule has 1 N–H and O–H groups in total. The van der Waals surface area contributed by atoms with Crippen LogP contribution in [0.25, 0.3) is 0 Å². The van der Waals surface area contributed by atoms with Crippen molar-refractivity contribution in [2.24, 2.45) is 0 Å². The first kappa shape index (κ1) is 24.4. The minimum absolute atomic E-state index is 0.141. The van der Waals surface area contributed by atoms with Crippen LogP contribution in [-0.4, -0.2) is 41.2 Å². The molecular weight excluding hydrogens is 468 g/mol. The molecule has 0 saturated carbocycles. The highest BCUT2D eigenvalue weighted by Gasteiger charge is 2.38. The fourth-order valence-electron chi connectivity index (χ4n) is 4.01. The number of anilines is 1. The molecule has 184 valence electrons. The molecule has 9 heteroatoms. The van der Waals surface area contributed by atoms with E-state index in [1.807, 2.05) is 19.9 Å². The van der Waals surface area contributed by atoms with E-state index in [9.17, 15) is 13.2 Å². The number of ether oxygens (including phenoxy) is 3. The zero-order chi connectivity index (χ0) is 25.2. The Hall–Kier alpha value is -3.72. The van der Waals surface area contributed by atoms with Crippen molar-refractivity contribution in [3.63, 3.8) is 0 Å². The lowest BCUT2D eigenvalue weighted by molar-refractivity contribution is -0.128. The maximum absolute atomic E-state index is 13.5. The Morgan fingerprint density at radius 3 is 2.49 bits per heavy atom. The summed E-state index contributed by atoms with van der Waals surface area (Å²) in [6.45, 7) is 3.52. The summed E-state index contributed by atoms with van der Waals surface area (Å²) in [5.74, 6) is 1.11. The topological polar surface area (TPSA) is 94.2 Å². The van der Waals surface area contributed by atoms with Gasteiger partial charge in [0.1, 0.15) is 17.2 Å². The summed E-state index contributed by atoms with van der Waals surface area (Å²) >= 11 is 0. The number of nitrogens with one attached hydrogen (secondary N) is 1. The van der Waals surface area contributed by atoms with Crippen LogP contribution in [-0.2, 0) is 14.8 Å². The predicted octanol–water partition coefficient (Wildman–Crippen LogP) is 3.85. The van der Waals surface area contributed by atoms with Crippen LogP contribution in [0.5, 0.6) is 17.2 Å². The number of carbonyl (C=O) groups is 1. The van der Waals surface area contributed by atoms with Gasteiger partial charge in [0.2, 0.25) is 0 Å². The number of methoxy groups -OCH3 is 2. The van der Waals surface area contributed by atoms with Crippen molar-refractivity contribution in [3.05, 3.63) is 77.9 Å². The van der Waals surface area contributed by atoms with Crippen molar-refractivity contribution in [2.45, 2.75) is 30.9 Å². The number of fused-ring (bicyclic) bond motifs is 1. The van der Waals surface area contributed by atoms with Crippen LogP contribution >= 0.6 is 0 Å². The van der Waals surface area contributed by atoms with Gasteiger partial charge < -0.3 is 19.5 Å². The minimum Gasteiger partial charge on any atom is -0.497 e. The van der Waals surface area contributed by atoms with Gasteiger partial charge in [-0.25, -0.2) is 8.42 Å². The number of rotatable bonds is 7. The van der Waals surface area contributed by atoms with E-state index in [2.05, 4.69) is 5.32 Å². The molecule has 0 spiro atoms. The number of benzene rings is 3. The molecular formula is C26H28N2O6S. The lowest BCUT2D eigenvalue weighted by atomic mass is 10.1.